The van der Waals surface area contributed by atoms with Crippen LogP contribution in [-0.2, 0) is 14.3 Å². The molecule has 2 unspecified atom stereocenters. The molecule has 1 fully saturated rings. The van der Waals surface area contributed by atoms with E-state index in [1.807, 2.05) is 6.92 Å². The van der Waals surface area contributed by atoms with Crippen molar-refractivity contribution in [2.24, 2.45) is 5.73 Å². The van der Waals surface area contributed by atoms with Gasteiger partial charge < -0.3 is 20.5 Å². The highest BCUT2D eigenvalue weighted by Crippen LogP contribution is 2.29. The molecule has 1 aliphatic heterocycles. The SMILES string of the molecule is CCCCOC(=O)C1(O)CCCN1C(=O)C(S)CN. The maximum Gasteiger partial charge on any atom is 0.359 e. The minimum absolute atomic E-state index is 0.0550. The van der Waals surface area contributed by atoms with E-state index >= 15 is 0 Å². The molecule has 0 bridgehead atoms. The molecule has 19 heavy (non-hydrogen) atoms. The fourth-order valence-corrected chi connectivity index (χ4v) is 2.15. The average Bonchev–Trinajstić information content (AvgIpc) is 2.80. The third-order valence-corrected chi connectivity index (χ3v) is 3.62. The largest absolute Gasteiger partial charge is 0.462 e. The number of unbranched alkanes of at least 4 members (excludes halogenated alkanes) is 1. The lowest BCUT2D eigenvalue weighted by Gasteiger charge is -2.32. The Morgan fingerprint density at radius 3 is 2.84 bits per heavy atom. The van der Waals surface area contributed by atoms with Crippen LogP contribution in [0.25, 0.3) is 0 Å². The van der Waals surface area contributed by atoms with Gasteiger partial charge in [0.25, 0.3) is 0 Å². The van der Waals surface area contributed by atoms with Crippen molar-refractivity contribution >= 4 is 24.5 Å². The number of esters is 1. The van der Waals surface area contributed by atoms with Crippen molar-refractivity contribution in [1.29, 1.82) is 0 Å². The van der Waals surface area contributed by atoms with Crippen LogP contribution in [0.5, 0.6) is 0 Å². The molecule has 1 amide bonds. The maximum absolute atomic E-state index is 12.0. The second kappa shape index (κ2) is 7.12. The van der Waals surface area contributed by atoms with Crippen molar-refractivity contribution in [3.8, 4) is 0 Å². The van der Waals surface area contributed by atoms with Crippen LogP contribution in [0.1, 0.15) is 32.6 Å². The maximum atomic E-state index is 12.0. The van der Waals surface area contributed by atoms with Gasteiger partial charge >= 0.3 is 5.97 Å². The van der Waals surface area contributed by atoms with E-state index in [0.717, 1.165) is 17.7 Å². The molecule has 2 atom stereocenters. The number of likely N-dealkylation sites (tertiary alicyclic amines) is 1. The highest BCUT2D eigenvalue weighted by molar-refractivity contribution is 7.81. The van der Waals surface area contributed by atoms with E-state index < -0.39 is 22.9 Å². The summed E-state index contributed by atoms with van der Waals surface area (Å²) >= 11 is 4.05. The van der Waals surface area contributed by atoms with Gasteiger partial charge in [0, 0.05) is 19.5 Å². The van der Waals surface area contributed by atoms with Crippen molar-refractivity contribution < 1.29 is 19.4 Å². The number of hydrogen-bond acceptors (Lipinski definition) is 6. The Morgan fingerprint density at radius 2 is 2.26 bits per heavy atom. The van der Waals surface area contributed by atoms with Crippen LogP contribution in [0, 0.1) is 0 Å². The summed E-state index contributed by atoms with van der Waals surface area (Å²) in [7, 11) is 0. The summed E-state index contributed by atoms with van der Waals surface area (Å²) in [5, 5.41) is 9.67. The third kappa shape index (κ3) is 3.61. The van der Waals surface area contributed by atoms with E-state index in [0.29, 0.717) is 13.0 Å². The van der Waals surface area contributed by atoms with E-state index in [2.05, 4.69) is 12.6 Å². The lowest BCUT2D eigenvalue weighted by molar-refractivity contribution is -0.187. The highest BCUT2D eigenvalue weighted by Gasteiger charge is 2.50. The zero-order valence-corrected chi connectivity index (χ0v) is 12.1. The van der Waals surface area contributed by atoms with Gasteiger partial charge in [0.1, 0.15) is 0 Å². The molecular weight excluding hydrogens is 268 g/mol. The Balaban J connectivity index is 2.72. The number of carbonyl (C=O) groups is 2. The molecule has 3 N–H and O–H groups in total. The summed E-state index contributed by atoms with van der Waals surface area (Å²) in [5.74, 6) is -1.19. The zero-order chi connectivity index (χ0) is 14.5. The molecule has 0 aromatic carbocycles. The molecule has 110 valence electrons. The number of nitrogens with two attached hydrogens (primary N) is 1. The highest BCUT2D eigenvalue weighted by atomic mass is 32.1. The monoisotopic (exact) mass is 290 g/mol. The number of hydrogen-bond donors (Lipinski definition) is 3. The van der Waals surface area contributed by atoms with Gasteiger partial charge in [-0.1, -0.05) is 13.3 Å². The third-order valence-electron chi connectivity index (χ3n) is 3.19. The first-order valence-electron chi connectivity index (χ1n) is 6.56. The summed E-state index contributed by atoms with van der Waals surface area (Å²) in [6.07, 6.45) is 2.36. The summed E-state index contributed by atoms with van der Waals surface area (Å²) in [6, 6.07) is 0. The molecule has 0 aromatic heterocycles. The Labute approximate surface area is 118 Å². The van der Waals surface area contributed by atoms with Gasteiger partial charge in [0.2, 0.25) is 11.6 Å². The lowest BCUT2D eigenvalue weighted by Crippen LogP contribution is -2.56. The van der Waals surface area contributed by atoms with Crippen LogP contribution < -0.4 is 5.73 Å². The van der Waals surface area contributed by atoms with Crippen LogP contribution >= 0.6 is 12.6 Å². The first-order chi connectivity index (χ1) is 8.97. The van der Waals surface area contributed by atoms with E-state index in [4.69, 9.17) is 10.5 Å². The molecule has 0 aromatic rings. The molecule has 7 heteroatoms. The topological polar surface area (TPSA) is 92.9 Å². The Hall–Kier alpha value is -0.790. The summed E-state index contributed by atoms with van der Waals surface area (Å²) in [5.41, 5.74) is 3.52. The number of carbonyl (C=O) groups excluding carboxylic acids is 2. The van der Waals surface area contributed by atoms with Gasteiger partial charge in [-0.05, 0) is 12.8 Å². The van der Waals surface area contributed by atoms with Crippen molar-refractivity contribution in [3.63, 3.8) is 0 Å². The van der Waals surface area contributed by atoms with Crippen molar-refractivity contribution in [2.75, 3.05) is 19.7 Å². The second-order valence-electron chi connectivity index (χ2n) is 4.65. The number of nitrogens with zero attached hydrogens (tertiary/aromatic N) is 1. The number of aliphatic hydroxyl groups is 1. The molecule has 1 heterocycles. The van der Waals surface area contributed by atoms with Crippen LogP contribution in [-0.4, -0.2) is 52.6 Å². The molecule has 1 aliphatic rings. The number of rotatable bonds is 6. The Kier molecular flexibility index (Phi) is 6.09. The van der Waals surface area contributed by atoms with Crippen molar-refractivity contribution in [1.82, 2.24) is 4.90 Å². The van der Waals surface area contributed by atoms with Crippen LogP contribution in [0.2, 0.25) is 0 Å². The minimum Gasteiger partial charge on any atom is -0.462 e. The quantitative estimate of drug-likeness (QED) is 0.361. The van der Waals surface area contributed by atoms with E-state index in [-0.39, 0.29) is 19.6 Å². The molecule has 1 saturated heterocycles. The van der Waals surface area contributed by atoms with Gasteiger partial charge in [0.05, 0.1) is 11.9 Å². The zero-order valence-electron chi connectivity index (χ0n) is 11.2. The van der Waals surface area contributed by atoms with E-state index in [1.54, 1.807) is 0 Å². The van der Waals surface area contributed by atoms with E-state index in [9.17, 15) is 14.7 Å². The van der Waals surface area contributed by atoms with Gasteiger partial charge in [-0.3, -0.25) is 4.79 Å². The van der Waals surface area contributed by atoms with Gasteiger partial charge in [-0.25, -0.2) is 4.79 Å². The smallest absolute Gasteiger partial charge is 0.359 e. The number of ether oxygens (including phenoxy) is 1. The normalized spacial score (nSPS) is 24.3. The summed E-state index contributed by atoms with van der Waals surface area (Å²) in [6.45, 7) is 2.59. The molecule has 6 nitrogen and oxygen atoms in total. The Bertz CT molecular complexity index is 340. The van der Waals surface area contributed by atoms with Crippen molar-refractivity contribution in [2.45, 2.75) is 43.6 Å². The van der Waals surface area contributed by atoms with Crippen LogP contribution in [0.3, 0.4) is 0 Å². The Morgan fingerprint density at radius 1 is 1.58 bits per heavy atom. The van der Waals surface area contributed by atoms with Gasteiger partial charge in [-0.2, -0.15) is 12.6 Å². The molecule has 0 aliphatic carbocycles. The molecule has 1 rings (SSSR count). The average molecular weight is 290 g/mol. The van der Waals surface area contributed by atoms with Gasteiger partial charge in [0.15, 0.2) is 0 Å². The molecule has 0 radical (unpaired) electrons. The predicted octanol–water partition coefficient (Wildman–Crippen LogP) is -0.102. The fraction of sp³-hybridized carbons (Fsp3) is 0.833. The first-order valence-corrected chi connectivity index (χ1v) is 7.08. The molecule has 0 spiro atoms. The summed E-state index contributed by atoms with van der Waals surface area (Å²) in [4.78, 5) is 25.1. The van der Waals surface area contributed by atoms with Crippen LogP contribution in [0.15, 0.2) is 0 Å². The van der Waals surface area contributed by atoms with Gasteiger partial charge in [-0.15, -0.1) is 0 Å². The standard InChI is InChI=1S/C12H22N2O4S/c1-2-3-7-18-11(16)12(17)5-4-6-14(12)10(15)9(19)8-13/h9,17,19H,2-8,13H2,1H3. The van der Waals surface area contributed by atoms with E-state index in [1.165, 1.54) is 0 Å². The minimum atomic E-state index is -1.86. The fourth-order valence-electron chi connectivity index (χ4n) is 2.01. The second-order valence-corrected chi connectivity index (χ2v) is 5.27. The number of thiol groups is 1. The lowest BCUT2D eigenvalue weighted by atomic mass is 10.1. The number of amides is 1. The summed E-state index contributed by atoms with van der Waals surface area (Å²) < 4.78 is 5.02. The molecular formula is C12H22N2O4S. The van der Waals surface area contributed by atoms with Crippen LogP contribution in [0.4, 0.5) is 0 Å². The van der Waals surface area contributed by atoms with Crippen molar-refractivity contribution in [3.05, 3.63) is 0 Å². The molecule has 0 saturated carbocycles. The first kappa shape index (κ1) is 16.3. The predicted molar refractivity (Wildman–Crippen MR) is 73.6 cm³/mol.